The molecular weight excluding hydrogens is 194 g/mol. The summed E-state index contributed by atoms with van der Waals surface area (Å²) < 4.78 is 0. The number of nitrogens with one attached hydrogen (secondary N) is 1. The standard InChI is InChI=1S/C11H13NOS/c1-8(13)11-7-12-6-9-4-2-3-5-10(9)14-11/h2-5,11-12H,6-7H2,1H3. The maximum absolute atomic E-state index is 11.3. The maximum atomic E-state index is 11.3. The minimum atomic E-state index is 0.0682. The second-order valence-electron chi connectivity index (χ2n) is 3.46. The van der Waals surface area contributed by atoms with Crippen molar-refractivity contribution in [2.75, 3.05) is 6.54 Å². The van der Waals surface area contributed by atoms with Crippen molar-refractivity contribution in [3.63, 3.8) is 0 Å². The SMILES string of the molecule is CC(=O)C1CNCc2ccccc2S1. The van der Waals surface area contributed by atoms with Crippen LogP contribution in [0.25, 0.3) is 0 Å². The van der Waals surface area contributed by atoms with Gasteiger partial charge in [0.2, 0.25) is 0 Å². The Hall–Kier alpha value is -0.800. The van der Waals surface area contributed by atoms with E-state index in [4.69, 9.17) is 0 Å². The van der Waals surface area contributed by atoms with Crippen LogP contribution in [-0.2, 0) is 11.3 Å². The summed E-state index contributed by atoms with van der Waals surface area (Å²) in [5.41, 5.74) is 1.29. The Bertz CT molecular complexity index is 351. The van der Waals surface area contributed by atoms with Crippen molar-refractivity contribution in [2.24, 2.45) is 0 Å². The first-order valence-electron chi connectivity index (χ1n) is 4.73. The molecule has 0 saturated heterocycles. The quantitative estimate of drug-likeness (QED) is 0.762. The average molecular weight is 207 g/mol. The molecule has 74 valence electrons. The molecule has 14 heavy (non-hydrogen) atoms. The van der Waals surface area contributed by atoms with Gasteiger partial charge in [0.25, 0.3) is 0 Å². The van der Waals surface area contributed by atoms with E-state index in [0.717, 1.165) is 13.1 Å². The van der Waals surface area contributed by atoms with Gasteiger partial charge in [-0.15, -0.1) is 11.8 Å². The molecule has 0 spiro atoms. The summed E-state index contributed by atoms with van der Waals surface area (Å²) in [7, 11) is 0. The number of Topliss-reactive ketones (excluding diaryl/α,β-unsaturated/α-hetero) is 1. The molecule has 0 aromatic heterocycles. The highest BCUT2D eigenvalue weighted by Gasteiger charge is 2.19. The normalized spacial score (nSPS) is 21.1. The second-order valence-corrected chi connectivity index (χ2v) is 4.70. The van der Waals surface area contributed by atoms with Crippen LogP contribution < -0.4 is 5.32 Å². The molecule has 1 N–H and O–H groups in total. The molecule has 3 heteroatoms. The zero-order chi connectivity index (χ0) is 9.97. The Morgan fingerprint density at radius 3 is 3.07 bits per heavy atom. The third kappa shape index (κ3) is 1.99. The van der Waals surface area contributed by atoms with Gasteiger partial charge in [0.05, 0.1) is 5.25 Å². The lowest BCUT2D eigenvalue weighted by Crippen LogP contribution is -2.27. The molecule has 0 saturated carbocycles. The van der Waals surface area contributed by atoms with Crippen molar-refractivity contribution >= 4 is 17.5 Å². The second kappa shape index (κ2) is 4.15. The number of rotatable bonds is 1. The number of thioether (sulfide) groups is 1. The van der Waals surface area contributed by atoms with Crippen LogP contribution in [0.4, 0.5) is 0 Å². The Labute approximate surface area is 88.1 Å². The molecule has 2 nitrogen and oxygen atoms in total. The van der Waals surface area contributed by atoms with Gasteiger partial charge in [-0.25, -0.2) is 0 Å². The minimum Gasteiger partial charge on any atom is -0.311 e. The van der Waals surface area contributed by atoms with Crippen molar-refractivity contribution in [1.29, 1.82) is 0 Å². The number of hydrogen-bond acceptors (Lipinski definition) is 3. The maximum Gasteiger partial charge on any atom is 0.144 e. The fourth-order valence-corrected chi connectivity index (χ4v) is 2.65. The number of carbonyl (C=O) groups excluding carboxylic acids is 1. The lowest BCUT2D eigenvalue weighted by atomic mass is 10.2. The molecule has 0 bridgehead atoms. The monoisotopic (exact) mass is 207 g/mol. The Balaban J connectivity index is 2.26. The van der Waals surface area contributed by atoms with Gasteiger partial charge in [-0.3, -0.25) is 4.79 Å². The molecule has 1 aromatic carbocycles. The molecule has 0 radical (unpaired) electrons. The molecule has 0 fully saturated rings. The zero-order valence-electron chi connectivity index (χ0n) is 8.12. The minimum absolute atomic E-state index is 0.0682. The smallest absolute Gasteiger partial charge is 0.144 e. The number of hydrogen-bond donors (Lipinski definition) is 1. The Morgan fingerprint density at radius 2 is 2.29 bits per heavy atom. The molecule has 1 atom stereocenters. The van der Waals surface area contributed by atoms with E-state index >= 15 is 0 Å². The van der Waals surface area contributed by atoms with Gasteiger partial charge in [-0.05, 0) is 18.6 Å². The van der Waals surface area contributed by atoms with Gasteiger partial charge >= 0.3 is 0 Å². The average Bonchev–Trinajstić information content (AvgIpc) is 2.39. The van der Waals surface area contributed by atoms with Gasteiger partial charge in [-0.2, -0.15) is 0 Å². The first-order chi connectivity index (χ1) is 6.77. The van der Waals surface area contributed by atoms with E-state index in [1.54, 1.807) is 18.7 Å². The number of benzene rings is 1. The van der Waals surface area contributed by atoms with Crippen molar-refractivity contribution in [1.82, 2.24) is 5.32 Å². The largest absolute Gasteiger partial charge is 0.311 e. The number of ketones is 1. The van der Waals surface area contributed by atoms with E-state index < -0.39 is 0 Å². The van der Waals surface area contributed by atoms with E-state index in [9.17, 15) is 4.79 Å². The van der Waals surface area contributed by atoms with E-state index in [0.29, 0.717) is 0 Å². The summed E-state index contributed by atoms with van der Waals surface area (Å²) >= 11 is 1.67. The first-order valence-corrected chi connectivity index (χ1v) is 5.61. The molecule has 0 aliphatic carbocycles. The van der Waals surface area contributed by atoms with Crippen LogP contribution in [0.2, 0.25) is 0 Å². The highest BCUT2D eigenvalue weighted by atomic mass is 32.2. The van der Waals surface area contributed by atoms with Crippen molar-refractivity contribution in [3.8, 4) is 0 Å². The molecule has 1 aliphatic rings. The van der Waals surface area contributed by atoms with Gasteiger partial charge in [-0.1, -0.05) is 18.2 Å². The summed E-state index contributed by atoms with van der Waals surface area (Å²) in [6, 6.07) is 8.25. The van der Waals surface area contributed by atoms with E-state index in [2.05, 4.69) is 17.4 Å². The Kier molecular flexibility index (Phi) is 2.89. The summed E-state index contributed by atoms with van der Waals surface area (Å²) in [4.78, 5) is 12.5. The molecule has 1 aliphatic heterocycles. The van der Waals surface area contributed by atoms with Crippen LogP contribution in [-0.4, -0.2) is 17.6 Å². The number of carbonyl (C=O) groups is 1. The molecule has 1 aromatic rings. The molecule has 2 rings (SSSR count). The summed E-state index contributed by atoms with van der Waals surface area (Å²) in [6.07, 6.45) is 0. The van der Waals surface area contributed by atoms with Gasteiger partial charge in [0.1, 0.15) is 5.78 Å². The fourth-order valence-electron chi connectivity index (χ4n) is 1.52. The van der Waals surface area contributed by atoms with Crippen LogP contribution in [0.1, 0.15) is 12.5 Å². The lowest BCUT2D eigenvalue weighted by molar-refractivity contribution is -0.116. The lowest BCUT2D eigenvalue weighted by Gasteiger charge is -2.09. The predicted molar refractivity (Wildman–Crippen MR) is 58.5 cm³/mol. The van der Waals surface area contributed by atoms with Gasteiger partial charge in [0.15, 0.2) is 0 Å². The fraction of sp³-hybridized carbons (Fsp3) is 0.364. The van der Waals surface area contributed by atoms with Crippen molar-refractivity contribution in [2.45, 2.75) is 23.6 Å². The van der Waals surface area contributed by atoms with Crippen molar-refractivity contribution < 1.29 is 4.79 Å². The molecule has 1 heterocycles. The highest BCUT2D eigenvalue weighted by molar-refractivity contribution is 8.00. The molecule has 1 unspecified atom stereocenters. The molecule has 0 amide bonds. The van der Waals surface area contributed by atoms with Gasteiger partial charge < -0.3 is 5.32 Å². The third-order valence-electron chi connectivity index (χ3n) is 2.34. The topological polar surface area (TPSA) is 29.1 Å². The van der Waals surface area contributed by atoms with Crippen LogP contribution in [0.3, 0.4) is 0 Å². The van der Waals surface area contributed by atoms with Crippen molar-refractivity contribution in [3.05, 3.63) is 29.8 Å². The summed E-state index contributed by atoms with van der Waals surface area (Å²) in [5.74, 6) is 0.249. The van der Waals surface area contributed by atoms with Crippen LogP contribution in [0.5, 0.6) is 0 Å². The van der Waals surface area contributed by atoms with Crippen LogP contribution in [0, 0.1) is 0 Å². The summed E-state index contributed by atoms with van der Waals surface area (Å²) in [6.45, 7) is 3.30. The molecular formula is C11H13NOS. The summed E-state index contributed by atoms with van der Waals surface area (Å²) in [5, 5.41) is 3.36. The first kappa shape index (κ1) is 9.74. The van der Waals surface area contributed by atoms with E-state index in [1.807, 2.05) is 12.1 Å². The predicted octanol–water partition coefficient (Wildman–Crippen LogP) is 1.84. The van der Waals surface area contributed by atoms with E-state index in [-0.39, 0.29) is 11.0 Å². The van der Waals surface area contributed by atoms with Gasteiger partial charge in [0, 0.05) is 18.0 Å². The van der Waals surface area contributed by atoms with E-state index in [1.165, 1.54) is 10.5 Å². The number of fused-ring (bicyclic) bond motifs is 1. The Morgan fingerprint density at radius 1 is 1.50 bits per heavy atom. The highest BCUT2D eigenvalue weighted by Crippen LogP contribution is 2.29. The zero-order valence-corrected chi connectivity index (χ0v) is 8.93. The van der Waals surface area contributed by atoms with Crippen LogP contribution in [0.15, 0.2) is 29.2 Å². The third-order valence-corrected chi connectivity index (χ3v) is 3.78. The van der Waals surface area contributed by atoms with Crippen LogP contribution >= 0.6 is 11.8 Å².